The van der Waals surface area contributed by atoms with Crippen molar-refractivity contribution < 1.29 is 24.2 Å². The van der Waals surface area contributed by atoms with Gasteiger partial charge in [0, 0.05) is 17.0 Å². The van der Waals surface area contributed by atoms with Crippen LogP contribution in [0.3, 0.4) is 0 Å². The van der Waals surface area contributed by atoms with Crippen molar-refractivity contribution in [3.8, 4) is 11.5 Å². The highest BCUT2D eigenvalue weighted by Gasteiger charge is 2.48. The second-order valence-electron chi connectivity index (χ2n) is 9.01. The zero-order valence-electron chi connectivity index (χ0n) is 19.9. The molecule has 0 bridgehead atoms. The standard InChI is InChI=1S/C28H21ClN2O5S/c1-14-11-17-12-16(5-10-21(17)36-14)25(32)23-24(15-3-6-18(29)7-4-15)31(27(34)26(23)33)28-30-20-9-8-19(35-2)13-22(20)37-28/h3-10,12-14,24,32H,11H2,1-2H3. The Morgan fingerprint density at radius 2 is 1.92 bits per heavy atom. The van der Waals surface area contributed by atoms with Crippen LogP contribution in [0, 0.1) is 0 Å². The van der Waals surface area contributed by atoms with Crippen LogP contribution in [0.2, 0.25) is 5.02 Å². The molecule has 2 aliphatic heterocycles. The number of Topliss-reactive ketones (excluding diaryl/α,β-unsaturated/α-hetero) is 1. The highest BCUT2D eigenvalue weighted by Crippen LogP contribution is 2.45. The number of ketones is 1. The molecule has 3 aromatic carbocycles. The number of carbonyl (C=O) groups excluding carboxylic acids is 2. The second kappa shape index (κ2) is 8.90. The maximum Gasteiger partial charge on any atom is 0.301 e. The third kappa shape index (κ3) is 3.93. The lowest BCUT2D eigenvalue weighted by molar-refractivity contribution is -0.132. The molecule has 2 atom stereocenters. The van der Waals surface area contributed by atoms with Crippen molar-refractivity contribution in [1.82, 2.24) is 4.98 Å². The predicted octanol–water partition coefficient (Wildman–Crippen LogP) is 5.91. The molecule has 1 fully saturated rings. The Morgan fingerprint density at radius 1 is 1.14 bits per heavy atom. The molecule has 6 rings (SSSR count). The summed E-state index contributed by atoms with van der Waals surface area (Å²) < 4.78 is 11.9. The summed E-state index contributed by atoms with van der Waals surface area (Å²) in [5, 5.41) is 12.3. The smallest absolute Gasteiger partial charge is 0.301 e. The first-order valence-corrected chi connectivity index (χ1v) is 12.8. The molecule has 0 spiro atoms. The molecule has 1 N–H and O–H groups in total. The number of aliphatic hydroxyl groups excluding tert-OH is 1. The van der Waals surface area contributed by atoms with Gasteiger partial charge in [-0.25, -0.2) is 4.98 Å². The van der Waals surface area contributed by atoms with Crippen molar-refractivity contribution in [2.45, 2.75) is 25.5 Å². The number of hydrogen-bond acceptors (Lipinski definition) is 7. The first-order chi connectivity index (χ1) is 17.8. The molecule has 4 aromatic rings. The SMILES string of the molecule is COc1ccc2nc(N3C(=O)C(=O)C(=C(O)c4ccc5c(c4)CC(C)O5)C3c3ccc(Cl)cc3)sc2c1. The topological polar surface area (TPSA) is 89.0 Å². The van der Waals surface area contributed by atoms with Crippen LogP contribution in [0.5, 0.6) is 11.5 Å². The van der Waals surface area contributed by atoms with Gasteiger partial charge < -0.3 is 14.6 Å². The lowest BCUT2D eigenvalue weighted by Gasteiger charge is -2.23. The van der Waals surface area contributed by atoms with Crippen molar-refractivity contribution >= 4 is 55.7 Å². The van der Waals surface area contributed by atoms with Gasteiger partial charge in [-0.3, -0.25) is 14.5 Å². The van der Waals surface area contributed by atoms with Crippen LogP contribution >= 0.6 is 22.9 Å². The normalized spacial score (nSPS) is 20.4. The molecule has 9 heteroatoms. The van der Waals surface area contributed by atoms with Gasteiger partial charge in [0.25, 0.3) is 5.78 Å². The minimum absolute atomic E-state index is 0.00364. The number of rotatable bonds is 4. The number of aliphatic hydroxyl groups is 1. The Morgan fingerprint density at radius 3 is 2.68 bits per heavy atom. The van der Waals surface area contributed by atoms with Gasteiger partial charge in [0.05, 0.1) is 28.9 Å². The number of nitrogens with zero attached hydrogens (tertiary/aromatic N) is 2. The Labute approximate surface area is 221 Å². The third-order valence-electron chi connectivity index (χ3n) is 6.59. The molecule has 1 aromatic heterocycles. The minimum Gasteiger partial charge on any atom is -0.507 e. The van der Waals surface area contributed by atoms with E-state index in [0.717, 1.165) is 16.0 Å². The van der Waals surface area contributed by atoms with Crippen molar-refractivity contribution in [2.75, 3.05) is 12.0 Å². The van der Waals surface area contributed by atoms with Gasteiger partial charge in [0.1, 0.15) is 23.4 Å². The number of fused-ring (bicyclic) bond motifs is 2. The molecule has 2 unspecified atom stereocenters. The van der Waals surface area contributed by atoms with E-state index in [1.54, 1.807) is 55.6 Å². The fourth-order valence-corrected chi connectivity index (χ4v) is 5.98. The first-order valence-electron chi connectivity index (χ1n) is 11.6. The zero-order valence-corrected chi connectivity index (χ0v) is 21.5. The van der Waals surface area contributed by atoms with Crippen molar-refractivity contribution in [3.05, 3.63) is 87.9 Å². The van der Waals surface area contributed by atoms with E-state index in [0.29, 0.717) is 39.0 Å². The summed E-state index contributed by atoms with van der Waals surface area (Å²) in [4.78, 5) is 32.9. The number of thiazole rings is 1. The van der Waals surface area contributed by atoms with Crippen molar-refractivity contribution in [1.29, 1.82) is 0 Å². The molecule has 37 heavy (non-hydrogen) atoms. The number of amides is 1. The number of hydrogen-bond donors (Lipinski definition) is 1. The van der Waals surface area contributed by atoms with Gasteiger partial charge in [-0.2, -0.15) is 0 Å². The first kappa shape index (κ1) is 23.5. The van der Waals surface area contributed by atoms with E-state index in [2.05, 4.69) is 4.98 Å². The Hall–Kier alpha value is -3.88. The number of aromatic nitrogens is 1. The van der Waals surface area contributed by atoms with Crippen molar-refractivity contribution in [3.63, 3.8) is 0 Å². The number of benzene rings is 3. The zero-order chi connectivity index (χ0) is 25.8. The van der Waals surface area contributed by atoms with Gasteiger partial charge in [-0.1, -0.05) is 35.1 Å². The summed E-state index contributed by atoms with van der Waals surface area (Å²) in [7, 11) is 1.58. The molecule has 7 nitrogen and oxygen atoms in total. The predicted molar refractivity (Wildman–Crippen MR) is 143 cm³/mol. The van der Waals surface area contributed by atoms with Gasteiger partial charge in [-0.05, 0) is 66.6 Å². The molecule has 0 saturated carbocycles. The largest absolute Gasteiger partial charge is 0.507 e. The number of ether oxygens (including phenoxy) is 2. The number of halogens is 1. The Kier molecular flexibility index (Phi) is 5.66. The van der Waals surface area contributed by atoms with Crippen LogP contribution in [0.15, 0.2) is 66.2 Å². The highest BCUT2D eigenvalue weighted by molar-refractivity contribution is 7.22. The third-order valence-corrected chi connectivity index (χ3v) is 7.86. The highest BCUT2D eigenvalue weighted by atomic mass is 35.5. The molecule has 1 saturated heterocycles. The molecule has 0 aliphatic carbocycles. The number of anilines is 1. The summed E-state index contributed by atoms with van der Waals surface area (Å²) in [6.07, 6.45) is 0.727. The fraction of sp³-hybridized carbons (Fsp3) is 0.179. The number of carbonyl (C=O) groups is 2. The molecule has 0 radical (unpaired) electrons. The average molecular weight is 533 g/mol. The summed E-state index contributed by atoms with van der Waals surface area (Å²) in [6.45, 7) is 1.97. The summed E-state index contributed by atoms with van der Waals surface area (Å²) >= 11 is 7.40. The molecule has 186 valence electrons. The second-order valence-corrected chi connectivity index (χ2v) is 10.5. The van der Waals surface area contributed by atoms with Gasteiger partial charge in [0.15, 0.2) is 5.13 Å². The van der Waals surface area contributed by atoms with Gasteiger partial charge >= 0.3 is 5.91 Å². The fourth-order valence-electron chi connectivity index (χ4n) is 4.84. The van der Waals surface area contributed by atoms with E-state index in [-0.39, 0.29) is 17.4 Å². The van der Waals surface area contributed by atoms with E-state index >= 15 is 0 Å². The Bertz CT molecular complexity index is 1610. The maximum absolute atomic E-state index is 13.5. The molecule has 2 aliphatic rings. The van der Waals surface area contributed by atoms with E-state index in [1.807, 2.05) is 19.1 Å². The van der Waals surface area contributed by atoms with Crippen LogP contribution in [-0.2, 0) is 16.0 Å². The average Bonchev–Trinajstić information content (AvgIpc) is 3.55. The molecule has 3 heterocycles. The maximum atomic E-state index is 13.5. The van der Waals surface area contributed by atoms with E-state index in [9.17, 15) is 14.7 Å². The van der Waals surface area contributed by atoms with Crippen molar-refractivity contribution in [2.24, 2.45) is 0 Å². The van der Waals surface area contributed by atoms with Crippen LogP contribution in [0.25, 0.3) is 16.0 Å². The monoisotopic (exact) mass is 532 g/mol. The van der Waals surface area contributed by atoms with E-state index in [4.69, 9.17) is 21.1 Å². The molecule has 1 amide bonds. The lowest BCUT2D eigenvalue weighted by Crippen LogP contribution is -2.29. The van der Waals surface area contributed by atoms with Gasteiger partial charge in [0.2, 0.25) is 0 Å². The minimum atomic E-state index is -0.886. The van der Waals surface area contributed by atoms with Crippen LogP contribution < -0.4 is 14.4 Å². The Balaban J connectivity index is 1.52. The van der Waals surface area contributed by atoms with Crippen LogP contribution in [-0.4, -0.2) is 35.0 Å². The number of methoxy groups -OCH3 is 1. The van der Waals surface area contributed by atoms with Crippen LogP contribution in [0.1, 0.15) is 29.7 Å². The lowest BCUT2D eigenvalue weighted by atomic mass is 9.94. The summed E-state index contributed by atoms with van der Waals surface area (Å²) in [5.41, 5.74) is 2.68. The van der Waals surface area contributed by atoms with E-state index < -0.39 is 17.7 Å². The quantitative estimate of drug-likeness (QED) is 0.200. The summed E-state index contributed by atoms with van der Waals surface area (Å²) in [6, 6.07) is 16.7. The van der Waals surface area contributed by atoms with Crippen LogP contribution in [0.4, 0.5) is 5.13 Å². The molecular formula is C28H21ClN2O5S. The summed E-state index contributed by atoms with van der Waals surface area (Å²) in [5.74, 6) is -0.367. The van der Waals surface area contributed by atoms with Gasteiger partial charge in [-0.15, -0.1) is 0 Å². The molecular weight excluding hydrogens is 512 g/mol. The van der Waals surface area contributed by atoms with E-state index in [1.165, 1.54) is 16.2 Å².